The second-order valence-electron chi connectivity index (χ2n) is 3.78. The average molecular weight is 202 g/mol. The van der Waals surface area contributed by atoms with Crippen molar-refractivity contribution in [3.63, 3.8) is 0 Å². The van der Waals surface area contributed by atoms with Crippen LogP contribution in [0.2, 0.25) is 0 Å². The third-order valence-electron chi connectivity index (χ3n) is 2.79. The maximum atomic E-state index is 9.17. The molecule has 0 aliphatic carbocycles. The van der Waals surface area contributed by atoms with E-state index in [2.05, 4.69) is 37.9 Å². The minimum absolute atomic E-state index is 0.217. The molecule has 0 aliphatic heterocycles. The fraction of sp³-hybridized carbons (Fsp3) is 1.00. The highest BCUT2D eigenvalue weighted by molar-refractivity contribution is 4.73. The highest BCUT2D eigenvalue weighted by Gasteiger charge is 2.14. The van der Waals surface area contributed by atoms with Gasteiger partial charge in [-0.15, -0.1) is 0 Å². The van der Waals surface area contributed by atoms with E-state index in [0.29, 0.717) is 6.04 Å². The van der Waals surface area contributed by atoms with Gasteiger partial charge in [-0.2, -0.15) is 0 Å². The second kappa shape index (κ2) is 8.21. The SMILES string of the molecule is CCNC(CO)CN(CC)C(C)CC. The van der Waals surface area contributed by atoms with Crippen molar-refractivity contribution in [1.82, 2.24) is 10.2 Å². The highest BCUT2D eigenvalue weighted by Crippen LogP contribution is 2.03. The number of nitrogens with one attached hydrogen (secondary N) is 1. The summed E-state index contributed by atoms with van der Waals surface area (Å²) in [6.45, 7) is 11.8. The number of likely N-dealkylation sites (N-methyl/N-ethyl adjacent to an activating group) is 2. The van der Waals surface area contributed by atoms with Crippen LogP contribution in [0.4, 0.5) is 0 Å². The van der Waals surface area contributed by atoms with E-state index in [4.69, 9.17) is 5.11 Å². The third-order valence-corrected chi connectivity index (χ3v) is 2.79. The lowest BCUT2D eigenvalue weighted by Crippen LogP contribution is -2.46. The predicted molar refractivity (Wildman–Crippen MR) is 61.6 cm³/mol. The van der Waals surface area contributed by atoms with Gasteiger partial charge in [-0.1, -0.05) is 20.8 Å². The maximum absolute atomic E-state index is 9.17. The molecule has 2 N–H and O–H groups in total. The molecule has 0 amide bonds. The zero-order valence-electron chi connectivity index (χ0n) is 10.1. The van der Waals surface area contributed by atoms with E-state index in [0.717, 1.165) is 26.1 Å². The molecule has 0 spiro atoms. The van der Waals surface area contributed by atoms with Crippen LogP contribution < -0.4 is 5.32 Å². The van der Waals surface area contributed by atoms with Crippen molar-refractivity contribution >= 4 is 0 Å². The van der Waals surface area contributed by atoms with Crippen LogP contribution in [0.3, 0.4) is 0 Å². The number of aliphatic hydroxyl groups excluding tert-OH is 1. The van der Waals surface area contributed by atoms with Gasteiger partial charge in [-0.3, -0.25) is 4.90 Å². The lowest BCUT2D eigenvalue weighted by atomic mass is 10.2. The summed E-state index contributed by atoms with van der Waals surface area (Å²) >= 11 is 0. The predicted octanol–water partition coefficient (Wildman–Crippen LogP) is 1.08. The van der Waals surface area contributed by atoms with Crippen molar-refractivity contribution in [2.45, 2.75) is 46.2 Å². The molecule has 0 aromatic heterocycles. The van der Waals surface area contributed by atoms with Crippen molar-refractivity contribution < 1.29 is 5.11 Å². The van der Waals surface area contributed by atoms with E-state index in [1.54, 1.807) is 0 Å². The van der Waals surface area contributed by atoms with Gasteiger partial charge >= 0.3 is 0 Å². The summed E-state index contributed by atoms with van der Waals surface area (Å²) < 4.78 is 0. The molecular weight excluding hydrogens is 176 g/mol. The van der Waals surface area contributed by atoms with Gasteiger partial charge < -0.3 is 10.4 Å². The third kappa shape index (κ3) is 4.94. The lowest BCUT2D eigenvalue weighted by molar-refractivity contribution is 0.155. The summed E-state index contributed by atoms with van der Waals surface area (Å²) in [4.78, 5) is 2.41. The minimum atomic E-state index is 0.217. The number of hydrogen-bond acceptors (Lipinski definition) is 3. The Labute approximate surface area is 88.5 Å². The molecule has 2 atom stereocenters. The maximum Gasteiger partial charge on any atom is 0.0597 e. The van der Waals surface area contributed by atoms with Gasteiger partial charge in [0.05, 0.1) is 6.61 Å². The van der Waals surface area contributed by atoms with Gasteiger partial charge in [0.25, 0.3) is 0 Å². The summed E-state index contributed by atoms with van der Waals surface area (Å²) in [5.74, 6) is 0. The Morgan fingerprint density at radius 3 is 2.29 bits per heavy atom. The van der Waals surface area contributed by atoms with Crippen molar-refractivity contribution in [3.8, 4) is 0 Å². The number of hydrogen-bond donors (Lipinski definition) is 2. The summed E-state index contributed by atoms with van der Waals surface area (Å²) in [6, 6.07) is 0.821. The Kier molecular flexibility index (Phi) is 8.14. The van der Waals surface area contributed by atoms with E-state index in [-0.39, 0.29) is 12.6 Å². The molecule has 86 valence electrons. The molecule has 0 heterocycles. The molecule has 0 saturated heterocycles. The number of aliphatic hydroxyl groups is 1. The first kappa shape index (κ1) is 13.9. The lowest BCUT2D eigenvalue weighted by Gasteiger charge is -2.30. The van der Waals surface area contributed by atoms with E-state index in [1.165, 1.54) is 0 Å². The zero-order chi connectivity index (χ0) is 11.0. The molecule has 14 heavy (non-hydrogen) atoms. The fourth-order valence-electron chi connectivity index (χ4n) is 1.64. The summed E-state index contributed by atoms with van der Waals surface area (Å²) in [5.41, 5.74) is 0. The molecular formula is C11H26N2O. The van der Waals surface area contributed by atoms with Gasteiger partial charge in [-0.05, 0) is 26.4 Å². The topological polar surface area (TPSA) is 35.5 Å². The first-order valence-corrected chi connectivity index (χ1v) is 5.77. The summed E-state index contributed by atoms with van der Waals surface area (Å²) in [5, 5.41) is 12.5. The largest absolute Gasteiger partial charge is 0.395 e. The summed E-state index contributed by atoms with van der Waals surface area (Å²) in [6.07, 6.45) is 1.16. The Morgan fingerprint density at radius 1 is 1.29 bits per heavy atom. The van der Waals surface area contributed by atoms with Gasteiger partial charge in [-0.25, -0.2) is 0 Å². The molecule has 2 unspecified atom stereocenters. The van der Waals surface area contributed by atoms with Gasteiger partial charge in [0.2, 0.25) is 0 Å². The Bertz CT molecular complexity index is 130. The minimum Gasteiger partial charge on any atom is -0.395 e. The van der Waals surface area contributed by atoms with Crippen LogP contribution >= 0.6 is 0 Å². The zero-order valence-corrected chi connectivity index (χ0v) is 10.1. The average Bonchev–Trinajstić information content (AvgIpc) is 2.23. The Hall–Kier alpha value is -0.120. The molecule has 0 aliphatic rings. The van der Waals surface area contributed by atoms with Crippen LogP contribution in [-0.2, 0) is 0 Å². The monoisotopic (exact) mass is 202 g/mol. The molecule has 0 aromatic carbocycles. The van der Waals surface area contributed by atoms with Gasteiger partial charge in [0, 0.05) is 18.6 Å². The van der Waals surface area contributed by atoms with Crippen LogP contribution in [0.25, 0.3) is 0 Å². The molecule has 0 aromatic rings. The molecule has 0 saturated carbocycles. The van der Waals surface area contributed by atoms with Crippen molar-refractivity contribution in [1.29, 1.82) is 0 Å². The van der Waals surface area contributed by atoms with E-state index >= 15 is 0 Å². The van der Waals surface area contributed by atoms with Crippen LogP contribution in [0.15, 0.2) is 0 Å². The molecule has 3 nitrogen and oxygen atoms in total. The van der Waals surface area contributed by atoms with Gasteiger partial charge in [0.1, 0.15) is 0 Å². The van der Waals surface area contributed by atoms with E-state index in [9.17, 15) is 0 Å². The number of rotatable bonds is 8. The smallest absolute Gasteiger partial charge is 0.0597 e. The van der Waals surface area contributed by atoms with Crippen LogP contribution in [0, 0.1) is 0 Å². The van der Waals surface area contributed by atoms with Crippen LogP contribution in [0.1, 0.15) is 34.1 Å². The molecule has 0 bridgehead atoms. The van der Waals surface area contributed by atoms with Crippen molar-refractivity contribution in [3.05, 3.63) is 0 Å². The number of nitrogens with zero attached hydrogens (tertiary/aromatic N) is 1. The highest BCUT2D eigenvalue weighted by atomic mass is 16.3. The fourth-order valence-corrected chi connectivity index (χ4v) is 1.64. The Balaban J connectivity index is 3.99. The van der Waals surface area contributed by atoms with Crippen molar-refractivity contribution in [2.75, 3.05) is 26.2 Å². The molecule has 0 radical (unpaired) electrons. The van der Waals surface area contributed by atoms with Crippen LogP contribution in [0.5, 0.6) is 0 Å². The van der Waals surface area contributed by atoms with Crippen molar-refractivity contribution in [2.24, 2.45) is 0 Å². The van der Waals surface area contributed by atoms with E-state index < -0.39 is 0 Å². The van der Waals surface area contributed by atoms with Gasteiger partial charge in [0.15, 0.2) is 0 Å². The van der Waals surface area contributed by atoms with Crippen LogP contribution in [-0.4, -0.2) is 48.3 Å². The van der Waals surface area contributed by atoms with E-state index in [1.807, 2.05) is 0 Å². The molecule has 0 fully saturated rings. The second-order valence-corrected chi connectivity index (χ2v) is 3.78. The molecule has 3 heteroatoms. The normalized spacial score (nSPS) is 15.9. The quantitative estimate of drug-likeness (QED) is 0.618. The Morgan fingerprint density at radius 2 is 1.93 bits per heavy atom. The summed E-state index contributed by atoms with van der Waals surface area (Å²) in [7, 11) is 0. The standard InChI is InChI=1S/C11H26N2O/c1-5-10(4)13(7-3)8-11(9-14)12-6-2/h10-12,14H,5-9H2,1-4H3. The first-order chi connectivity index (χ1) is 6.69. The molecule has 0 rings (SSSR count). The first-order valence-electron chi connectivity index (χ1n) is 5.77.